The van der Waals surface area contributed by atoms with E-state index in [-0.39, 0.29) is 12.5 Å². The molecule has 1 aromatic carbocycles. The van der Waals surface area contributed by atoms with Crippen LogP contribution in [-0.4, -0.2) is 12.5 Å². The highest BCUT2D eigenvalue weighted by Gasteiger charge is 2.07. The summed E-state index contributed by atoms with van der Waals surface area (Å²) >= 11 is 0. The van der Waals surface area contributed by atoms with E-state index >= 15 is 0 Å². The molecule has 0 aliphatic rings. The minimum absolute atomic E-state index is 0.0493. The first-order valence-electron chi connectivity index (χ1n) is 6.82. The van der Waals surface area contributed by atoms with E-state index < -0.39 is 0 Å². The molecule has 1 aromatic heterocycles. The number of furan rings is 1. The zero-order chi connectivity index (χ0) is 14.4. The number of anilines is 1. The maximum absolute atomic E-state index is 11.8. The number of carbonyl (C=O) groups excluding carboxylic acids is 1. The number of rotatable bonds is 6. The van der Waals surface area contributed by atoms with Crippen LogP contribution in [0.15, 0.2) is 41.0 Å². The predicted molar refractivity (Wildman–Crippen MR) is 79.6 cm³/mol. The Kier molecular flexibility index (Phi) is 4.82. The van der Waals surface area contributed by atoms with Crippen LogP contribution in [0.5, 0.6) is 0 Å². The molecule has 0 fully saturated rings. The van der Waals surface area contributed by atoms with Gasteiger partial charge in [-0.3, -0.25) is 4.79 Å². The third-order valence-electron chi connectivity index (χ3n) is 3.21. The van der Waals surface area contributed by atoms with Crippen molar-refractivity contribution in [2.24, 2.45) is 0 Å². The van der Waals surface area contributed by atoms with E-state index in [1.807, 2.05) is 25.1 Å². The minimum atomic E-state index is -0.0493. The lowest BCUT2D eigenvalue weighted by Gasteiger charge is -2.13. The highest BCUT2D eigenvalue weighted by atomic mass is 16.3. The van der Waals surface area contributed by atoms with Gasteiger partial charge in [0.2, 0.25) is 5.91 Å². The summed E-state index contributed by atoms with van der Waals surface area (Å²) in [6.07, 6.45) is 2.54. The normalized spacial score (nSPS) is 10.3. The number of hydrogen-bond acceptors (Lipinski definition) is 3. The van der Waals surface area contributed by atoms with Crippen LogP contribution in [-0.2, 0) is 17.8 Å². The number of benzene rings is 1. The van der Waals surface area contributed by atoms with Crippen molar-refractivity contribution in [1.29, 1.82) is 0 Å². The summed E-state index contributed by atoms with van der Waals surface area (Å²) in [6, 6.07) is 9.81. The molecule has 0 saturated heterocycles. The standard InChI is InChI=1S/C16H20N2O2/c1-3-13-7-4-6-12(2)16(13)18-11-15(19)17-10-14-8-5-9-20-14/h4-9,18H,3,10-11H2,1-2H3,(H,17,19). The molecule has 0 saturated carbocycles. The van der Waals surface area contributed by atoms with Crippen molar-refractivity contribution < 1.29 is 9.21 Å². The average Bonchev–Trinajstić information content (AvgIpc) is 2.96. The zero-order valence-corrected chi connectivity index (χ0v) is 11.9. The summed E-state index contributed by atoms with van der Waals surface area (Å²) in [5.41, 5.74) is 3.44. The Morgan fingerprint density at radius 3 is 2.80 bits per heavy atom. The van der Waals surface area contributed by atoms with E-state index in [1.165, 1.54) is 5.56 Å². The lowest BCUT2D eigenvalue weighted by Crippen LogP contribution is -2.29. The molecule has 106 valence electrons. The fourth-order valence-electron chi connectivity index (χ4n) is 2.11. The summed E-state index contributed by atoms with van der Waals surface area (Å²) in [5, 5.41) is 6.04. The van der Waals surface area contributed by atoms with Crippen molar-refractivity contribution >= 4 is 11.6 Å². The van der Waals surface area contributed by atoms with Gasteiger partial charge in [-0.05, 0) is 36.6 Å². The van der Waals surface area contributed by atoms with E-state index in [2.05, 4.69) is 23.6 Å². The van der Waals surface area contributed by atoms with Crippen LogP contribution in [0, 0.1) is 6.92 Å². The molecule has 0 bridgehead atoms. The van der Waals surface area contributed by atoms with Crippen LogP contribution < -0.4 is 10.6 Å². The fraction of sp³-hybridized carbons (Fsp3) is 0.312. The Hall–Kier alpha value is -2.23. The highest BCUT2D eigenvalue weighted by Crippen LogP contribution is 2.20. The molecule has 20 heavy (non-hydrogen) atoms. The van der Waals surface area contributed by atoms with Gasteiger partial charge in [-0.15, -0.1) is 0 Å². The largest absolute Gasteiger partial charge is 0.467 e. The van der Waals surface area contributed by atoms with Gasteiger partial charge in [0, 0.05) is 5.69 Å². The SMILES string of the molecule is CCc1cccc(C)c1NCC(=O)NCc1ccco1. The van der Waals surface area contributed by atoms with Crippen molar-refractivity contribution in [2.75, 3.05) is 11.9 Å². The van der Waals surface area contributed by atoms with E-state index in [9.17, 15) is 4.79 Å². The van der Waals surface area contributed by atoms with Crippen LogP contribution in [0.4, 0.5) is 5.69 Å². The zero-order valence-electron chi connectivity index (χ0n) is 11.9. The van der Waals surface area contributed by atoms with Gasteiger partial charge in [-0.2, -0.15) is 0 Å². The number of hydrogen-bond donors (Lipinski definition) is 2. The number of aryl methyl sites for hydroxylation is 2. The average molecular weight is 272 g/mol. The summed E-state index contributed by atoms with van der Waals surface area (Å²) in [4.78, 5) is 11.8. The molecule has 0 atom stereocenters. The number of para-hydroxylation sites is 1. The number of carbonyl (C=O) groups is 1. The second-order valence-corrected chi connectivity index (χ2v) is 4.67. The quantitative estimate of drug-likeness (QED) is 0.850. The topological polar surface area (TPSA) is 54.3 Å². The van der Waals surface area contributed by atoms with E-state index in [0.717, 1.165) is 23.4 Å². The molecule has 2 rings (SSSR count). The molecule has 4 nitrogen and oxygen atoms in total. The summed E-state index contributed by atoms with van der Waals surface area (Å²) in [5.74, 6) is 0.704. The molecule has 0 aliphatic carbocycles. The molecule has 1 heterocycles. The molecule has 4 heteroatoms. The van der Waals surface area contributed by atoms with Crippen LogP contribution in [0.1, 0.15) is 23.8 Å². The van der Waals surface area contributed by atoms with Crippen LogP contribution in [0.2, 0.25) is 0 Å². The van der Waals surface area contributed by atoms with Gasteiger partial charge in [0.1, 0.15) is 5.76 Å². The van der Waals surface area contributed by atoms with Gasteiger partial charge in [0.25, 0.3) is 0 Å². The second kappa shape index (κ2) is 6.80. The summed E-state index contributed by atoms with van der Waals surface area (Å²) in [7, 11) is 0. The Balaban J connectivity index is 1.87. The maximum atomic E-state index is 11.8. The number of amides is 1. The van der Waals surface area contributed by atoms with Crippen molar-refractivity contribution in [1.82, 2.24) is 5.32 Å². The second-order valence-electron chi connectivity index (χ2n) is 4.67. The Morgan fingerprint density at radius 1 is 1.25 bits per heavy atom. The molecular weight excluding hydrogens is 252 g/mol. The van der Waals surface area contributed by atoms with Crippen molar-refractivity contribution in [2.45, 2.75) is 26.8 Å². The molecule has 0 radical (unpaired) electrons. The van der Waals surface area contributed by atoms with Crippen molar-refractivity contribution in [3.63, 3.8) is 0 Å². The lowest BCUT2D eigenvalue weighted by atomic mass is 10.1. The first-order valence-corrected chi connectivity index (χ1v) is 6.82. The third kappa shape index (κ3) is 3.63. The summed E-state index contributed by atoms with van der Waals surface area (Å²) < 4.78 is 5.17. The molecule has 2 N–H and O–H groups in total. The van der Waals surface area contributed by atoms with Crippen molar-refractivity contribution in [3.05, 3.63) is 53.5 Å². The lowest BCUT2D eigenvalue weighted by molar-refractivity contribution is -0.119. The van der Waals surface area contributed by atoms with Gasteiger partial charge < -0.3 is 15.1 Å². The van der Waals surface area contributed by atoms with Gasteiger partial charge >= 0.3 is 0 Å². The first-order chi connectivity index (χ1) is 9.70. The molecule has 0 spiro atoms. The molecule has 0 unspecified atom stereocenters. The van der Waals surface area contributed by atoms with E-state index in [4.69, 9.17) is 4.42 Å². The van der Waals surface area contributed by atoms with Gasteiger partial charge in [0.05, 0.1) is 19.4 Å². The Bertz CT molecular complexity index is 562. The van der Waals surface area contributed by atoms with E-state index in [0.29, 0.717) is 6.54 Å². The minimum Gasteiger partial charge on any atom is -0.467 e. The Labute approximate surface area is 119 Å². The summed E-state index contributed by atoms with van der Waals surface area (Å²) in [6.45, 7) is 4.83. The maximum Gasteiger partial charge on any atom is 0.239 e. The van der Waals surface area contributed by atoms with E-state index in [1.54, 1.807) is 12.3 Å². The Morgan fingerprint density at radius 2 is 2.10 bits per heavy atom. The first kappa shape index (κ1) is 14.2. The van der Waals surface area contributed by atoms with Crippen molar-refractivity contribution in [3.8, 4) is 0 Å². The van der Waals surface area contributed by atoms with Gasteiger partial charge in [-0.25, -0.2) is 0 Å². The highest BCUT2D eigenvalue weighted by molar-refractivity contribution is 5.81. The monoisotopic (exact) mass is 272 g/mol. The number of nitrogens with one attached hydrogen (secondary N) is 2. The van der Waals surface area contributed by atoms with Crippen LogP contribution in [0.3, 0.4) is 0 Å². The van der Waals surface area contributed by atoms with Crippen LogP contribution >= 0.6 is 0 Å². The molecule has 1 amide bonds. The van der Waals surface area contributed by atoms with Gasteiger partial charge in [-0.1, -0.05) is 25.1 Å². The van der Waals surface area contributed by atoms with Crippen LogP contribution in [0.25, 0.3) is 0 Å². The smallest absolute Gasteiger partial charge is 0.239 e. The molecular formula is C16H20N2O2. The third-order valence-corrected chi connectivity index (χ3v) is 3.21. The fourth-order valence-corrected chi connectivity index (χ4v) is 2.11. The predicted octanol–water partition coefficient (Wildman–Crippen LogP) is 2.88. The van der Waals surface area contributed by atoms with Gasteiger partial charge in [0.15, 0.2) is 0 Å². The molecule has 0 aliphatic heterocycles. The molecule has 2 aromatic rings.